The van der Waals surface area contributed by atoms with E-state index in [4.69, 9.17) is 0 Å². The van der Waals surface area contributed by atoms with Gasteiger partial charge in [-0.2, -0.15) is 0 Å². The molecule has 0 spiro atoms. The van der Waals surface area contributed by atoms with E-state index in [1.54, 1.807) is 0 Å². The molecule has 5 nitrogen and oxygen atoms in total. The van der Waals surface area contributed by atoms with Crippen molar-refractivity contribution in [2.45, 2.75) is 52.2 Å². The van der Waals surface area contributed by atoms with Crippen LogP contribution in [0.1, 0.15) is 45.6 Å². The summed E-state index contributed by atoms with van der Waals surface area (Å²) in [6.07, 6.45) is 2.31. The van der Waals surface area contributed by atoms with Crippen molar-refractivity contribution in [3.05, 3.63) is 35.9 Å². The Morgan fingerprint density at radius 2 is 1.88 bits per heavy atom. The predicted molar refractivity (Wildman–Crippen MR) is 97.6 cm³/mol. The fraction of sp³-hybridized carbons (Fsp3) is 0.600. The summed E-state index contributed by atoms with van der Waals surface area (Å²) < 4.78 is 0. The summed E-state index contributed by atoms with van der Waals surface area (Å²) in [5.41, 5.74) is -0.382. The van der Waals surface area contributed by atoms with E-state index in [-0.39, 0.29) is 24.3 Å². The highest BCUT2D eigenvalue weighted by molar-refractivity contribution is 5.89. The Morgan fingerprint density at radius 3 is 2.52 bits per heavy atom. The molecule has 0 heterocycles. The standard InChI is InChI=1S/C20H30N2O3/c1-14(2)17-10-9-15(3)11-20(17,25)19(24)22-13-18(23)21-12-16-7-5-4-6-8-16/h4-8,14-15,17,25H,9-13H2,1-3H3,(H,21,23)(H,22,24)/t15?,17?,20-/m1/s1. The number of benzene rings is 1. The molecule has 1 fully saturated rings. The van der Waals surface area contributed by atoms with Gasteiger partial charge in [-0.25, -0.2) is 0 Å². The lowest BCUT2D eigenvalue weighted by Crippen LogP contribution is -2.57. The summed E-state index contributed by atoms with van der Waals surface area (Å²) >= 11 is 0. The zero-order valence-corrected chi connectivity index (χ0v) is 15.4. The van der Waals surface area contributed by atoms with Crippen molar-refractivity contribution in [3.8, 4) is 0 Å². The molecule has 2 rings (SSSR count). The Kier molecular flexibility index (Phi) is 6.59. The molecule has 2 unspecified atom stereocenters. The lowest BCUT2D eigenvalue weighted by Gasteiger charge is -2.43. The second kappa shape index (κ2) is 8.48. The van der Waals surface area contributed by atoms with E-state index in [1.807, 2.05) is 44.2 Å². The van der Waals surface area contributed by atoms with E-state index in [0.29, 0.717) is 18.9 Å². The quantitative estimate of drug-likeness (QED) is 0.739. The number of nitrogens with one attached hydrogen (secondary N) is 2. The number of hydrogen-bond acceptors (Lipinski definition) is 3. The summed E-state index contributed by atoms with van der Waals surface area (Å²) in [5, 5.41) is 16.4. The van der Waals surface area contributed by atoms with Crippen molar-refractivity contribution in [2.24, 2.45) is 17.8 Å². The van der Waals surface area contributed by atoms with Gasteiger partial charge in [0, 0.05) is 6.54 Å². The summed E-state index contributed by atoms with van der Waals surface area (Å²) in [5.74, 6) is -0.234. The molecule has 1 aliphatic rings. The average molecular weight is 346 g/mol. The Balaban J connectivity index is 1.88. The van der Waals surface area contributed by atoms with Crippen molar-refractivity contribution in [3.63, 3.8) is 0 Å². The van der Waals surface area contributed by atoms with Crippen molar-refractivity contribution in [1.82, 2.24) is 10.6 Å². The molecule has 0 bridgehead atoms. The Hall–Kier alpha value is -1.88. The fourth-order valence-electron chi connectivity index (χ4n) is 3.81. The number of rotatable bonds is 6. The van der Waals surface area contributed by atoms with Gasteiger partial charge in [-0.1, -0.05) is 57.5 Å². The van der Waals surface area contributed by atoms with Crippen molar-refractivity contribution in [2.75, 3.05) is 6.54 Å². The molecule has 25 heavy (non-hydrogen) atoms. The third kappa shape index (κ3) is 5.05. The first kappa shape index (κ1) is 19.4. The van der Waals surface area contributed by atoms with Crippen LogP contribution in [-0.4, -0.2) is 29.1 Å². The van der Waals surface area contributed by atoms with Crippen LogP contribution in [0.3, 0.4) is 0 Å². The predicted octanol–water partition coefficient (Wildman–Crippen LogP) is 2.24. The second-order valence-corrected chi connectivity index (χ2v) is 7.61. The third-order valence-electron chi connectivity index (χ3n) is 5.18. The fourth-order valence-corrected chi connectivity index (χ4v) is 3.81. The minimum absolute atomic E-state index is 0.0731. The Bertz CT molecular complexity index is 588. The van der Waals surface area contributed by atoms with E-state index < -0.39 is 11.5 Å². The van der Waals surface area contributed by atoms with Gasteiger partial charge in [0.05, 0.1) is 6.54 Å². The zero-order chi connectivity index (χ0) is 18.4. The van der Waals surface area contributed by atoms with Gasteiger partial charge in [-0.3, -0.25) is 9.59 Å². The van der Waals surface area contributed by atoms with Crippen LogP contribution in [0.4, 0.5) is 0 Å². The van der Waals surface area contributed by atoms with Gasteiger partial charge in [0.2, 0.25) is 5.91 Å². The first-order valence-electron chi connectivity index (χ1n) is 9.14. The van der Waals surface area contributed by atoms with Gasteiger partial charge in [-0.15, -0.1) is 0 Å². The van der Waals surface area contributed by atoms with Crippen LogP contribution in [0.15, 0.2) is 30.3 Å². The Labute approximate surface area is 150 Å². The van der Waals surface area contributed by atoms with Crippen LogP contribution in [0.5, 0.6) is 0 Å². The van der Waals surface area contributed by atoms with Crippen LogP contribution in [0.2, 0.25) is 0 Å². The van der Waals surface area contributed by atoms with E-state index in [0.717, 1.165) is 18.4 Å². The molecule has 138 valence electrons. The molecule has 0 aliphatic heterocycles. The molecular weight excluding hydrogens is 316 g/mol. The van der Waals surface area contributed by atoms with Crippen LogP contribution < -0.4 is 10.6 Å². The molecular formula is C20H30N2O3. The first-order valence-corrected chi connectivity index (χ1v) is 9.14. The number of hydrogen-bond donors (Lipinski definition) is 3. The SMILES string of the molecule is CC1CCC(C(C)C)[C@@](O)(C(=O)NCC(=O)NCc2ccccc2)C1. The normalized spacial score (nSPS) is 26.3. The number of carbonyl (C=O) groups excluding carboxylic acids is 2. The first-order chi connectivity index (χ1) is 11.8. The van der Waals surface area contributed by atoms with Crippen molar-refractivity contribution < 1.29 is 14.7 Å². The van der Waals surface area contributed by atoms with Gasteiger partial charge < -0.3 is 15.7 Å². The van der Waals surface area contributed by atoms with Gasteiger partial charge in [0.1, 0.15) is 5.60 Å². The molecule has 2 amide bonds. The third-order valence-corrected chi connectivity index (χ3v) is 5.18. The molecule has 1 saturated carbocycles. The highest BCUT2D eigenvalue weighted by Crippen LogP contribution is 2.41. The van der Waals surface area contributed by atoms with Gasteiger partial charge in [-0.05, 0) is 36.2 Å². The van der Waals surface area contributed by atoms with E-state index in [1.165, 1.54) is 0 Å². The number of amides is 2. The summed E-state index contributed by atoms with van der Waals surface area (Å²) in [7, 11) is 0. The number of carbonyl (C=O) groups is 2. The zero-order valence-electron chi connectivity index (χ0n) is 15.4. The highest BCUT2D eigenvalue weighted by Gasteiger charge is 2.48. The maximum Gasteiger partial charge on any atom is 0.252 e. The molecule has 0 saturated heterocycles. The lowest BCUT2D eigenvalue weighted by atomic mass is 9.66. The molecule has 1 aliphatic carbocycles. The molecule has 1 aromatic rings. The van der Waals surface area contributed by atoms with Gasteiger partial charge in [0.25, 0.3) is 5.91 Å². The summed E-state index contributed by atoms with van der Waals surface area (Å²) in [4.78, 5) is 24.6. The summed E-state index contributed by atoms with van der Waals surface area (Å²) in [6, 6.07) is 9.60. The highest BCUT2D eigenvalue weighted by atomic mass is 16.3. The van der Waals surface area contributed by atoms with Crippen molar-refractivity contribution in [1.29, 1.82) is 0 Å². The van der Waals surface area contributed by atoms with Gasteiger partial charge >= 0.3 is 0 Å². The maximum atomic E-state index is 12.6. The van der Waals surface area contributed by atoms with Crippen molar-refractivity contribution >= 4 is 11.8 Å². The molecule has 0 radical (unpaired) electrons. The van der Waals surface area contributed by atoms with Crippen LogP contribution in [-0.2, 0) is 16.1 Å². The van der Waals surface area contributed by atoms with Crippen LogP contribution in [0.25, 0.3) is 0 Å². The smallest absolute Gasteiger partial charge is 0.252 e. The van der Waals surface area contributed by atoms with E-state index >= 15 is 0 Å². The molecule has 5 heteroatoms. The van der Waals surface area contributed by atoms with Crippen LogP contribution in [0, 0.1) is 17.8 Å². The van der Waals surface area contributed by atoms with Crippen LogP contribution >= 0.6 is 0 Å². The molecule has 0 aromatic heterocycles. The molecule has 3 N–H and O–H groups in total. The van der Waals surface area contributed by atoms with E-state index in [9.17, 15) is 14.7 Å². The number of aliphatic hydroxyl groups is 1. The Morgan fingerprint density at radius 1 is 1.20 bits per heavy atom. The maximum absolute atomic E-state index is 12.6. The topological polar surface area (TPSA) is 78.4 Å². The monoisotopic (exact) mass is 346 g/mol. The van der Waals surface area contributed by atoms with Gasteiger partial charge in [0.15, 0.2) is 0 Å². The average Bonchev–Trinajstić information content (AvgIpc) is 2.58. The largest absolute Gasteiger partial charge is 0.380 e. The summed E-state index contributed by atoms with van der Waals surface area (Å²) in [6.45, 7) is 6.43. The lowest BCUT2D eigenvalue weighted by molar-refractivity contribution is -0.156. The van der Waals surface area contributed by atoms with E-state index in [2.05, 4.69) is 17.6 Å². The minimum Gasteiger partial charge on any atom is -0.380 e. The molecule has 3 atom stereocenters. The molecule has 1 aromatic carbocycles. The minimum atomic E-state index is -1.38. The second-order valence-electron chi connectivity index (χ2n) is 7.61.